The minimum absolute atomic E-state index is 0.0441. The van der Waals surface area contributed by atoms with Crippen LogP contribution in [0.4, 0.5) is 0 Å². The molecule has 2 aliphatic rings. The van der Waals surface area contributed by atoms with Crippen LogP contribution in [0.15, 0.2) is 27.4 Å². The fourth-order valence-corrected chi connectivity index (χ4v) is 4.92. The maximum Gasteiger partial charge on any atom is 0.204 e. The third kappa shape index (κ3) is 4.41. The summed E-state index contributed by atoms with van der Waals surface area (Å²) in [5, 5.41) is 92.5. The highest BCUT2D eigenvalue weighted by Crippen LogP contribution is 2.44. The van der Waals surface area contributed by atoms with Crippen LogP contribution in [-0.2, 0) is 14.2 Å². The van der Waals surface area contributed by atoms with Gasteiger partial charge in [0.15, 0.2) is 23.4 Å². The Kier molecular flexibility index (Phi) is 7.28. The molecule has 0 aliphatic carbocycles. The zero-order valence-electron chi connectivity index (χ0n) is 20.9. The highest BCUT2D eigenvalue weighted by Gasteiger charge is 2.50. The second-order valence-corrected chi connectivity index (χ2v) is 9.77. The van der Waals surface area contributed by atoms with E-state index in [0.717, 1.165) is 12.1 Å². The summed E-state index contributed by atoms with van der Waals surface area (Å²) in [5.41, 5.74) is -3.73. The molecule has 9 N–H and O–H groups in total. The van der Waals surface area contributed by atoms with Crippen LogP contribution >= 0.6 is 0 Å². The van der Waals surface area contributed by atoms with Crippen LogP contribution in [0.25, 0.3) is 21.9 Å². The summed E-state index contributed by atoms with van der Waals surface area (Å²) in [6.07, 6.45) is -11.7. The number of aliphatic hydroxyl groups excluding tert-OH is 5. The van der Waals surface area contributed by atoms with Gasteiger partial charge >= 0.3 is 0 Å². The first kappa shape index (κ1) is 28.3. The van der Waals surface area contributed by atoms with Crippen LogP contribution in [-0.4, -0.2) is 115 Å². The molecule has 0 amide bonds. The Hall–Kier alpha value is -3.25. The van der Waals surface area contributed by atoms with Gasteiger partial charge in [-0.25, -0.2) is 0 Å². The van der Waals surface area contributed by atoms with E-state index in [1.807, 2.05) is 0 Å². The van der Waals surface area contributed by atoms with E-state index in [1.54, 1.807) is 0 Å². The van der Waals surface area contributed by atoms with Gasteiger partial charge in [0.25, 0.3) is 0 Å². The van der Waals surface area contributed by atoms with Crippen LogP contribution in [0.2, 0.25) is 0 Å². The van der Waals surface area contributed by atoms with Gasteiger partial charge in [0, 0.05) is 12.1 Å². The van der Waals surface area contributed by atoms with E-state index in [2.05, 4.69) is 0 Å². The first-order valence-corrected chi connectivity index (χ1v) is 12.1. The van der Waals surface area contributed by atoms with Crippen molar-refractivity contribution in [2.45, 2.75) is 48.5 Å². The molecule has 2 saturated heterocycles. The van der Waals surface area contributed by atoms with Gasteiger partial charge in [0.2, 0.25) is 5.43 Å². The van der Waals surface area contributed by atoms with Crippen molar-refractivity contribution in [2.24, 2.45) is 0 Å². The predicted molar refractivity (Wildman–Crippen MR) is 131 cm³/mol. The average molecular weight is 568 g/mol. The first-order chi connectivity index (χ1) is 18.9. The van der Waals surface area contributed by atoms with Crippen LogP contribution in [0.3, 0.4) is 0 Å². The maximum absolute atomic E-state index is 13.3. The number of ether oxygens (including phenoxy) is 4. The number of fused-ring (bicyclic) bond motifs is 2. The van der Waals surface area contributed by atoms with Gasteiger partial charge in [-0.2, -0.15) is 0 Å². The normalized spacial score (nSPS) is 32.6. The van der Waals surface area contributed by atoms with Crippen molar-refractivity contribution in [3.8, 4) is 23.0 Å². The molecular weight excluding hydrogens is 540 g/mol. The molecule has 5 rings (SSSR count). The Bertz CT molecular complexity index is 1490. The zero-order valence-corrected chi connectivity index (χ0v) is 20.9. The molecule has 0 spiro atoms. The summed E-state index contributed by atoms with van der Waals surface area (Å²) >= 11 is 0. The van der Waals surface area contributed by atoms with Crippen LogP contribution in [0.5, 0.6) is 23.0 Å². The quantitative estimate of drug-likeness (QED) is 0.147. The van der Waals surface area contributed by atoms with Crippen molar-refractivity contribution in [2.75, 3.05) is 26.9 Å². The molecule has 0 unspecified atom stereocenters. The van der Waals surface area contributed by atoms with E-state index in [4.69, 9.17) is 23.4 Å². The zero-order chi connectivity index (χ0) is 29.1. The Labute approximate surface area is 224 Å². The summed E-state index contributed by atoms with van der Waals surface area (Å²) in [4.78, 5) is 13.3. The summed E-state index contributed by atoms with van der Waals surface area (Å²) in [7, 11) is 1.27. The number of aromatic hydroxyl groups is 3. The van der Waals surface area contributed by atoms with Gasteiger partial charge in [-0.05, 0) is 6.07 Å². The first-order valence-electron chi connectivity index (χ1n) is 12.1. The van der Waals surface area contributed by atoms with E-state index in [0.29, 0.717) is 0 Å². The van der Waals surface area contributed by atoms with Gasteiger partial charge in [-0.15, -0.1) is 0 Å². The Morgan fingerprint density at radius 1 is 1.00 bits per heavy atom. The van der Waals surface area contributed by atoms with Gasteiger partial charge in [0.1, 0.15) is 64.7 Å². The smallest absolute Gasteiger partial charge is 0.204 e. The van der Waals surface area contributed by atoms with Crippen molar-refractivity contribution >= 4 is 21.9 Å². The molecular formula is C25H28O15. The van der Waals surface area contributed by atoms with Crippen molar-refractivity contribution in [1.29, 1.82) is 0 Å². The van der Waals surface area contributed by atoms with E-state index in [9.17, 15) is 50.8 Å². The lowest BCUT2D eigenvalue weighted by molar-refractivity contribution is -0.252. The van der Waals surface area contributed by atoms with Gasteiger partial charge in [0.05, 0.1) is 37.9 Å². The Balaban J connectivity index is 1.55. The maximum atomic E-state index is 13.3. The minimum atomic E-state index is -1.98. The Morgan fingerprint density at radius 3 is 2.38 bits per heavy atom. The van der Waals surface area contributed by atoms with E-state index in [1.165, 1.54) is 13.2 Å². The predicted octanol–water partition coefficient (Wildman–Crippen LogP) is -1.95. The van der Waals surface area contributed by atoms with E-state index in [-0.39, 0.29) is 28.0 Å². The fraction of sp³-hybridized carbons (Fsp3) is 0.480. The lowest BCUT2D eigenvalue weighted by Gasteiger charge is -2.41. The molecule has 1 aromatic heterocycles. The average Bonchev–Trinajstić information content (AvgIpc) is 3.21. The summed E-state index contributed by atoms with van der Waals surface area (Å²) in [5.74, 6) is -1.79. The van der Waals surface area contributed by atoms with E-state index >= 15 is 0 Å². The lowest BCUT2D eigenvalue weighted by Crippen LogP contribution is -2.56. The monoisotopic (exact) mass is 568 g/mol. The number of phenolic OH excluding ortho intramolecular Hbond substituents is 3. The minimum Gasteiger partial charge on any atom is -0.507 e. The molecule has 2 aromatic carbocycles. The number of benzene rings is 2. The third-order valence-electron chi connectivity index (χ3n) is 7.24. The molecule has 15 nitrogen and oxygen atoms in total. The van der Waals surface area contributed by atoms with Crippen molar-refractivity contribution in [3.63, 3.8) is 0 Å². The molecule has 3 heterocycles. The molecule has 8 atom stereocenters. The van der Waals surface area contributed by atoms with Gasteiger partial charge < -0.3 is 69.3 Å². The molecule has 0 saturated carbocycles. The Morgan fingerprint density at radius 2 is 1.73 bits per heavy atom. The van der Waals surface area contributed by atoms with Gasteiger partial charge in [-0.3, -0.25) is 4.79 Å². The molecule has 218 valence electrons. The molecule has 2 aliphatic heterocycles. The third-order valence-corrected chi connectivity index (χ3v) is 7.24. The van der Waals surface area contributed by atoms with Crippen molar-refractivity contribution in [1.82, 2.24) is 0 Å². The summed E-state index contributed by atoms with van der Waals surface area (Å²) in [6.45, 7) is -1.83. The molecule has 3 aromatic rings. The summed E-state index contributed by atoms with van der Waals surface area (Å²) in [6, 6.07) is 3.09. The molecule has 0 radical (unpaired) electrons. The van der Waals surface area contributed by atoms with Crippen LogP contribution in [0.1, 0.15) is 11.7 Å². The molecule has 15 heteroatoms. The van der Waals surface area contributed by atoms with Crippen LogP contribution < -0.4 is 10.2 Å². The molecule has 0 bridgehead atoms. The summed E-state index contributed by atoms with van der Waals surface area (Å²) < 4.78 is 27.1. The van der Waals surface area contributed by atoms with Crippen molar-refractivity contribution in [3.05, 3.63) is 34.0 Å². The SMILES string of the molecule is COc1cc2c(=O)c3c(O)cc(O)c([C@@H]4O[C@H](CO[C@@H]5OC[C@](O)(CO)[C@H]5O)[C@@H](O)[C@H](O)[C@H]4O)c3oc2cc1O. The standard InChI is InChI=1S/C25H28O15/c1-36-13-2-8-12(4-9(13)27)39-21-15(17(8)30)10(28)3-11(29)16(21)22-20(33)19(32)18(31)14(40-22)5-37-24-23(34)25(35,6-26)7-38-24/h2-4,14,18-20,22-24,26-29,31-35H,5-7H2,1H3/t14-,18-,19+,20-,22+,23+,24-,25-/m1/s1. The van der Waals surface area contributed by atoms with E-state index < -0.39 is 96.2 Å². The number of aliphatic hydroxyl groups is 6. The van der Waals surface area contributed by atoms with Crippen molar-refractivity contribution < 1.29 is 69.3 Å². The number of hydrogen-bond acceptors (Lipinski definition) is 15. The highest BCUT2D eigenvalue weighted by molar-refractivity contribution is 5.96. The highest BCUT2D eigenvalue weighted by atomic mass is 16.7. The number of rotatable bonds is 6. The largest absolute Gasteiger partial charge is 0.507 e. The molecule has 2 fully saturated rings. The lowest BCUT2D eigenvalue weighted by atomic mass is 9.89. The number of phenols is 3. The number of methoxy groups -OCH3 is 1. The van der Waals surface area contributed by atoms with Gasteiger partial charge in [-0.1, -0.05) is 0 Å². The molecule has 40 heavy (non-hydrogen) atoms. The second-order valence-electron chi connectivity index (χ2n) is 9.77. The van der Waals surface area contributed by atoms with Crippen LogP contribution in [0, 0.1) is 0 Å². The number of hydrogen-bond donors (Lipinski definition) is 9. The fourth-order valence-electron chi connectivity index (χ4n) is 4.92. The topological polar surface area (TPSA) is 249 Å². The second kappa shape index (κ2) is 10.3.